The number of rotatable bonds is 13. The van der Waals surface area contributed by atoms with Gasteiger partial charge >= 0.3 is 5.97 Å². The van der Waals surface area contributed by atoms with E-state index >= 15 is 0 Å². The summed E-state index contributed by atoms with van der Waals surface area (Å²) in [6, 6.07) is 21.3. The maximum absolute atomic E-state index is 10.7. The van der Waals surface area contributed by atoms with Gasteiger partial charge < -0.3 is 40.6 Å². The number of pyridine rings is 1. The molecule has 10 heteroatoms. The number of carboxylic acid groups (broad SMARTS) is 1. The van der Waals surface area contributed by atoms with Gasteiger partial charge in [-0.05, 0) is 72.5 Å². The second-order valence-electron chi connectivity index (χ2n) is 11.6. The van der Waals surface area contributed by atoms with Crippen LogP contribution in [0.25, 0.3) is 10.9 Å². The zero-order valence-corrected chi connectivity index (χ0v) is 28.6. The Labute approximate surface area is 278 Å². The molecule has 2 atom stereocenters. The molecule has 0 spiro atoms. The number of anilines is 2. The van der Waals surface area contributed by atoms with E-state index in [2.05, 4.69) is 62.3 Å². The van der Waals surface area contributed by atoms with E-state index < -0.39 is 24.6 Å². The number of benzene rings is 3. The number of nitrogens with two attached hydrogens (primary N) is 1. The van der Waals surface area contributed by atoms with Gasteiger partial charge in [0.1, 0.15) is 18.1 Å². The summed E-state index contributed by atoms with van der Waals surface area (Å²) in [5.74, 6) is 0.845. The molecule has 0 radical (unpaired) electrons. The van der Waals surface area contributed by atoms with Crippen molar-refractivity contribution < 1.29 is 34.3 Å². The lowest BCUT2D eigenvalue weighted by Crippen LogP contribution is -2.25. The molecule has 6 N–H and O–H groups in total. The minimum Gasteiger partial charge on any atom is -0.493 e. The molecule has 47 heavy (non-hydrogen) atoms. The number of methoxy groups -OCH3 is 1. The van der Waals surface area contributed by atoms with Crippen LogP contribution in [-0.4, -0.2) is 58.7 Å². The Hall–Kier alpha value is -4.38. The molecule has 0 aliphatic carbocycles. The Bertz CT molecular complexity index is 1500. The monoisotopic (exact) mass is 649 g/mol. The van der Waals surface area contributed by atoms with Gasteiger partial charge in [0, 0.05) is 35.4 Å². The van der Waals surface area contributed by atoms with Crippen molar-refractivity contribution in [2.24, 2.45) is 5.73 Å². The van der Waals surface area contributed by atoms with Crippen molar-refractivity contribution in [2.45, 2.75) is 78.4 Å². The lowest BCUT2D eigenvalue weighted by molar-refractivity contribution is -0.139. The summed E-state index contributed by atoms with van der Waals surface area (Å²) in [5.41, 5.74) is 8.93. The second-order valence-corrected chi connectivity index (χ2v) is 11.6. The summed E-state index contributed by atoms with van der Waals surface area (Å²) >= 11 is 0. The third kappa shape index (κ3) is 12.7. The molecule has 1 aromatic heterocycles. The maximum Gasteiger partial charge on any atom is 0.305 e. The number of aromatic nitrogens is 1. The smallest absolute Gasteiger partial charge is 0.305 e. The Morgan fingerprint density at radius 1 is 0.915 bits per heavy atom. The number of aliphatic carboxylic acids is 1. The van der Waals surface area contributed by atoms with E-state index in [4.69, 9.17) is 25.1 Å². The number of aliphatic hydroxyl groups excluding tert-OH is 2. The van der Waals surface area contributed by atoms with Crippen molar-refractivity contribution in [1.29, 1.82) is 0 Å². The number of carbonyl (C=O) groups is 1. The molecule has 0 fully saturated rings. The lowest BCUT2D eigenvalue weighted by Gasteiger charge is -2.19. The summed E-state index contributed by atoms with van der Waals surface area (Å²) < 4.78 is 17.4. The average Bonchev–Trinajstić information content (AvgIpc) is 3.05. The Morgan fingerprint density at radius 2 is 1.51 bits per heavy atom. The van der Waals surface area contributed by atoms with Crippen molar-refractivity contribution in [3.05, 3.63) is 78.5 Å². The minimum absolute atomic E-state index is 0.102. The fraction of sp³-hybridized carbons (Fsp3) is 0.405. The molecule has 4 rings (SSSR count). The highest BCUT2D eigenvalue weighted by Crippen LogP contribution is 2.37. The molecule has 1 heterocycles. The van der Waals surface area contributed by atoms with Crippen LogP contribution in [0.15, 0.2) is 72.9 Å². The Kier molecular flexibility index (Phi) is 15.9. The molecule has 0 aliphatic rings. The van der Waals surface area contributed by atoms with Crippen molar-refractivity contribution in [2.75, 3.05) is 25.6 Å². The van der Waals surface area contributed by atoms with Crippen LogP contribution < -0.4 is 25.3 Å². The van der Waals surface area contributed by atoms with E-state index in [0.29, 0.717) is 33.9 Å². The summed E-state index contributed by atoms with van der Waals surface area (Å²) in [6.07, 6.45) is -0.0879. The van der Waals surface area contributed by atoms with Crippen molar-refractivity contribution >= 4 is 28.2 Å². The van der Waals surface area contributed by atoms with Gasteiger partial charge in [-0.3, -0.25) is 9.78 Å². The molecule has 3 aromatic carbocycles. The zero-order chi connectivity index (χ0) is 35.0. The first-order valence-electron chi connectivity index (χ1n) is 16.0. The van der Waals surface area contributed by atoms with Gasteiger partial charge in [-0.25, -0.2) is 0 Å². The third-order valence-electron chi connectivity index (χ3n) is 6.78. The molecule has 4 aromatic rings. The summed E-state index contributed by atoms with van der Waals surface area (Å²) in [6.45, 7) is 13.3. The SMILES string of the molecule is CC.CCCN.COc1cc2c(Oc3ccc(Nc4ccc(C(C)(C)C)cc4)cc3)ccnc2cc1OCC(O)CC(O)CC(=O)O. The predicted octanol–water partition coefficient (Wildman–Crippen LogP) is 7.42. The number of nitrogens with one attached hydrogen (secondary N) is 1. The van der Waals surface area contributed by atoms with Gasteiger partial charge in [0.15, 0.2) is 11.5 Å². The van der Waals surface area contributed by atoms with Gasteiger partial charge in [-0.15, -0.1) is 0 Å². The first kappa shape index (κ1) is 38.8. The third-order valence-corrected chi connectivity index (χ3v) is 6.78. The molecule has 10 nitrogen and oxygen atoms in total. The number of hydrogen-bond acceptors (Lipinski definition) is 9. The summed E-state index contributed by atoms with van der Waals surface area (Å²) in [5, 5.41) is 32.8. The number of aliphatic hydroxyl groups is 2. The highest BCUT2D eigenvalue weighted by atomic mass is 16.5. The van der Waals surface area contributed by atoms with Gasteiger partial charge in [-0.1, -0.05) is 53.7 Å². The van der Waals surface area contributed by atoms with E-state index in [1.165, 1.54) is 12.7 Å². The second kappa shape index (κ2) is 19.3. The lowest BCUT2D eigenvalue weighted by atomic mass is 9.87. The molecule has 2 unspecified atom stereocenters. The first-order chi connectivity index (χ1) is 22.4. The predicted molar refractivity (Wildman–Crippen MR) is 188 cm³/mol. The van der Waals surface area contributed by atoms with Gasteiger partial charge in [-0.2, -0.15) is 0 Å². The van der Waals surface area contributed by atoms with Crippen LogP contribution in [-0.2, 0) is 10.2 Å². The standard InChI is InChI=1S/C32H36N2O7.C3H9N.C2H6/c1-32(2,3)20-5-7-21(8-6-20)34-22-9-11-25(12-10-22)41-28-13-14-33-27-18-30(29(39-4)17-26(27)28)40-19-24(36)15-23(35)16-31(37)38;1-2-3-4;1-2/h5-14,17-18,23-24,34-36H,15-16,19H2,1-4H3,(H,37,38);2-4H2,1H3;1-2H3. The van der Waals surface area contributed by atoms with Crippen LogP contribution in [0.3, 0.4) is 0 Å². The largest absolute Gasteiger partial charge is 0.493 e. The van der Waals surface area contributed by atoms with Crippen LogP contribution in [0.5, 0.6) is 23.0 Å². The molecule has 0 saturated heterocycles. The van der Waals surface area contributed by atoms with E-state index in [1.807, 2.05) is 38.1 Å². The number of nitrogens with zero attached hydrogens (tertiary/aromatic N) is 1. The fourth-order valence-corrected chi connectivity index (χ4v) is 4.30. The highest BCUT2D eigenvalue weighted by molar-refractivity contribution is 5.88. The van der Waals surface area contributed by atoms with Gasteiger partial charge in [0.2, 0.25) is 0 Å². The van der Waals surface area contributed by atoms with Gasteiger partial charge in [0.05, 0.1) is 31.3 Å². The average molecular weight is 650 g/mol. The molecule has 256 valence electrons. The van der Waals surface area contributed by atoms with Crippen molar-refractivity contribution in [3.63, 3.8) is 0 Å². The van der Waals surface area contributed by atoms with E-state index in [-0.39, 0.29) is 18.4 Å². The Balaban J connectivity index is 0.00000119. The minimum atomic E-state index is -1.17. The highest BCUT2D eigenvalue weighted by Gasteiger charge is 2.18. The topological polar surface area (TPSA) is 156 Å². The first-order valence-corrected chi connectivity index (χ1v) is 16.0. The molecular formula is C37H51N3O7. The van der Waals surface area contributed by atoms with Crippen LogP contribution in [0.4, 0.5) is 11.4 Å². The molecule has 0 saturated carbocycles. The van der Waals surface area contributed by atoms with Crippen LogP contribution in [0.1, 0.15) is 66.4 Å². The molecular weight excluding hydrogens is 598 g/mol. The number of hydrogen-bond donors (Lipinski definition) is 5. The van der Waals surface area contributed by atoms with Crippen molar-refractivity contribution in [3.8, 4) is 23.0 Å². The van der Waals surface area contributed by atoms with Crippen molar-refractivity contribution in [1.82, 2.24) is 4.98 Å². The van der Waals surface area contributed by atoms with E-state index in [9.17, 15) is 15.0 Å². The molecule has 0 aliphatic heterocycles. The fourth-order valence-electron chi connectivity index (χ4n) is 4.30. The van der Waals surface area contributed by atoms with E-state index in [1.54, 1.807) is 24.4 Å². The number of ether oxygens (including phenoxy) is 3. The van der Waals surface area contributed by atoms with Crippen LogP contribution >= 0.6 is 0 Å². The zero-order valence-electron chi connectivity index (χ0n) is 28.6. The van der Waals surface area contributed by atoms with Gasteiger partial charge in [0.25, 0.3) is 0 Å². The summed E-state index contributed by atoms with van der Waals surface area (Å²) in [7, 11) is 1.50. The van der Waals surface area contributed by atoms with E-state index in [0.717, 1.165) is 24.3 Å². The summed E-state index contributed by atoms with van der Waals surface area (Å²) in [4.78, 5) is 15.1. The number of fused-ring (bicyclic) bond motifs is 1. The number of carboxylic acids is 1. The van der Waals surface area contributed by atoms with Crippen LogP contribution in [0.2, 0.25) is 0 Å². The normalized spacial score (nSPS) is 12.0. The molecule has 0 bridgehead atoms. The molecule has 0 amide bonds. The Morgan fingerprint density at radius 3 is 2.04 bits per heavy atom. The quantitative estimate of drug-likeness (QED) is 0.0987. The maximum atomic E-state index is 10.7. The van der Waals surface area contributed by atoms with Crippen LogP contribution in [0, 0.1) is 0 Å².